The maximum absolute atomic E-state index is 8.71. The summed E-state index contributed by atoms with van der Waals surface area (Å²) in [5.74, 6) is 1.21. The lowest BCUT2D eigenvalue weighted by Gasteiger charge is -1.97. The van der Waals surface area contributed by atoms with Crippen molar-refractivity contribution >= 4 is 0 Å². The molecule has 0 fully saturated rings. The van der Waals surface area contributed by atoms with Crippen molar-refractivity contribution in [3.63, 3.8) is 0 Å². The molecule has 0 radical (unpaired) electrons. The lowest BCUT2D eigenvalue weighted by Crippen LogP contribution is -1.93. The number of nitriles is 1. The van der Waals surface area contributed by atoms with Crippen molar-refractivity contribution in [2.75, 3.05) is 0 Å². The first-order chi connectivity index (χ1) is 6.79. The number of rotatable bonds is 1. The molecule has 4 heteroatoms. The molecule has 0 bridgehead atoms. The number of furan rings is 1. The Morgan fingerprint density at radius 1 is 1.43 bits per heavy atom. The Bertz CT molecular complexity index is 483. The third kappa shape index (κ3) is 1.48. The van der Waals surface area contributed by atoms with Crippen molar-refractivity contribution in [1.29, 1.82) is 5.26 Å². The molecule has 0 amide bonds. The first-order valence-corrected chi connectivity index (χ1v) is 4.09. The summed E-state index contributed by atoms with van der Waals surface area (Å²) >= 11 is 0. The van der Waals surface area contributed by atoms with Crippen LogP contribution in [0.15, 0.2) is 28.9 Å². The van der Waals surface area contributed by atoms with Gasteiger partial charge in [0, 0.05) is 6.07 Å². The smallest absolute Gasteiger partial charge is 0.152 e. The molecule has 0 atom stereocenters. The summed E-state index contributed by atoms with van der Waals surface area (Å²) in [7, 11) is 0. The van der Waals surface area contributed by atoms with Crippen molar-refractivity contribution in [3.05, 3.63) is 36.0 Å². The first kappa shape index (κ1) is 8.45. The van der Waals surface area contributed by atoms with E-state index < -0.39 is 0 Å². The van der Waals surface area contributed by atoms with Crippen LogP contribution in [0.25, 0.3) is 11.5 Å². The Morgan fingerprint density at radius 2 is 2.29 bits per heavy atom. The fraction of sp³-hybridized carbons (Fsp3) is 0.100. The fourth-order valence-corrected chi connectivity index (χ4v) is 1.18. The van der Waals surface area contributed by atoms with E-state index >= 15 is 0 Å². The molecule has 4 nitrogen and oxygen atoms in total. The van der Waals surface area contributed by atoms with Crippen LogP contribution < -0.4 is 0 Å². The number of hydrogen-bond acceptors (Lipinski definition) is 4. The molecule has 2 aromatic heterocycles. The van der Waals surface area contributed by atoms with Gasteiger partial charge < -0.3 is 4.42 Å². The monoisotopic (exact) mass is 185 g/mol. The summed E-state index contributed by atoms with van der Waals surface area (Å²) < 4.78 is 5.17. The van der Waals surface area contributed by atoms with Gasteiger partial charge in [0.05, 0.1) is 6.26 Å². The quantitative estimate of drug-likeness (QED) is 0.680. The van der Waals surface area contributed by atoms with Gasteiger partial charge in [-0.25, -0.2) is 9.97 Å². The zero-order chi connectivity index (χ0) is 9.97. The average molecular weight is 185 g/mol. The van der Waals surface area contributed by atoms with E-state index in [0.717, 1.165) is 0 Å². The Kier molecular flexibility index (Phi) is 1.99. The highest BCUT2D eigenvalue weighted by Crippen LogP contribution is 2.17. The predicted molar refractivity (Wildman–Crippen MR) is 49.2 cm³/mol. The third-order valence-corrected chi connectivity index (χ3v) is 1.73. The SMILES string of the molecule is Cc1nc(C#N)cc(-c2ccco2)n1. The minimum atomic E-state index is 0.351. The van der Waals surface area contributed by atoms with Gasteiger partial charge in [0.25, 0.3) is 0 Å². The molecule has 0 aliphatic rings. The van der Waals surface area contributed by atoms with Crippen molar-refractivity contribution in [2.45, 2.75) is 6.92 Å². The van der Waals surface area contributed by atoms with E-state index in [-0.39, 0.29) is 0 Å². The molecule has 0 aliphatic heterocycles. The van der Waals surface area contributed by atoms with E-state index in [2.05, 4.69) is 9.97 Å². The van der Waals surface area contributed by atoms with E-state index in [9.17, 15) is 0 Å². The molecule has 0 aromatic carbocycles. The Labute approximate surface area is 80.8 Å². The highest BCUT2D eigenvalue weighted by molar-refractivity contribution is 5.53. The van der Waals surface area contributed by atoms with Crippen LogP contribution in [-0.2, 0) is 0 Å². The van der Waals surface area contributed by atoms with E-state index in [4.69, 9.17) is 9.68 Å². The number of aromatic nitrogens is 2. The first-order valence-electron chi connectivity index (χ1n) is 4.09. The van der Waals surface area contributed by atoms with Crippen molar-refractivity contribution in [2.24, 2.45) is 0 Å². The molecule has 2 heterocycles. The van der Waals surface area contributed by atoms with Crippen molar-refractivity contribution in [1.82, 2.24) is 9.97 Å². The van der Waals surface area contributed by atoms with Crippen LogP contribution in [0.2, 0.25) is 0 Å². The molecule has 0 saturated heterocycles. The molecule has 0 aliphatic carbocycles. The third-order valence-electron chi connectivity index (χ3n) is 1.73. The summed E-state index contributed by atoms with van der Waals surface area (Å²) in [5, 5.41) is 8.71. The zero-order valence-corrected chi connectivity index (χ0v) is 7.56. The second kappa shape index (κ2) is 3.30. The van der Waals surface area contributed by atoms with E-state index in [1.54, 1.807) is 31.4 Å². The molecular formula is C10H7N3O. The molecule has 2 aromatic rings. The lowest BCUT2D eigenvalue weighted by molar-refractivity contribution is 0.579. The summed E-state index contributed by atoms with van der Waals surface area (Å²) in [6, 6.07) is 7.15. The van der Waals surface area contributed by atoms with Crippen LogP contribution in [0.1, 0.15) is 11.5 Å². The summed E-state index contributed by atoms with van der Waals surface area (Å²) in [5.41, 5.74) is 0.989. The Balaban J connectivity index is 2.55. The summed E-state index contributed by atoms with van der Waals surface area (Å²) in [6.45, 7) is 1.74. The molecule has 2 rings (SSSR count). The number of aryl methyl sites for hydroxylation is 1. The van der Waals surface area contributed by atoms with Gasteiger partial charge in [-0.3, -0.25) is 0 Å². The van der Waals surface area contributed by atoms with Gasteiger partial charge in [0.15, 0.2) is 5.76 Å². The molecule has 0 spiro atoms. The normalized spacial score (nSPS) is 9.71. The Hall–Kier alpha value is -2.15. The van der Waals surface area contributed by atoms with Gasteiger partial charge >= 0.3 is 0 Å². The molecule has 0 N–H and O–H groups in total. The average Bonchev–Trinajstić information content (AvgIpc) is 2.69. The van der Waals surface area contributed by atoms with Crippen LogP contribution >= 0.6 is 0 Å². The van der Waals surface area contributed by atoms with Gasteiger partial charge in [-0.2, -0.15) is 5.26 Å². The second-order valence-electron chi connectivity index (χ2n) is 2.77. The maximum atomic E-state index is 8.71. The minimum Gasteiger partial charge on any atom is -0.463 e. The van der Waals surface area contributed by atoms with Crippen LogP contribution in [0, 0.1) is 18.3 Å². The van der Waals surface area contributed by atoms with E-state index in [0.29, 0.717) is 23.0 Å². The molecule has 0 unspecified atom stereocenters. The number of nitrogens with zero attached hydrogens (tertiary/aromatic N) is 3. The fourth-order valence-electron chi connectivity index (χ4n) is 1.18. The van der Waals surface area contributed by atoms with E-state index in [1.165, 1.54) is 0 Å². The highest BCUT2D eigenvalue weighted by Gasteiger charge is 2.05. The molecule has 14 heavy (non-hydrogen) atoms. The topological polar surface area (TPSA) is 62.7 Å². The largest absolute Gasteiger partial charge is 0.463 e. The predicted octanol–water partition coefficient (Wildman–Crippen LogP) is 1.92. The van der Waals surface area contributed by atoms with Crippen molar-refractivity contribution < 1.29 is 4.42 Å². The molecular weight excluding hydrogens is 178 g/mol. The summed E-state index contributed by atoms with van der Waals surface area (Å²) in [4.78, 5) is 8.12. The van der Waals surface area contributed by atoms with Gasteiger partial charge in [-0.1, -0.05) is 0 Å². The van der Waals surface area contributed by atoms with E-state index in [1.807, 2.05) is 6.07 Å². The standard InChI is InChI=1S/C10H7N3O/c1-7-12-8(6-11)5-9(13-7)10-3-2-4-14-10/h2-5H,1H3. The van der Waals surface area contributed by atoms with Gasteiger partial charge in [-0.15, -0.1) is 0 Å². The van der Waals surface area contributed by atoms with Crippen LogP contribution in [0.4, 0.5) is 0 Å². The van der Waals surface area contributed by atoms with Gasteiger partial charge in [-0.05, 0) is 19.1 Å². The Morgan fingerprint density at radius 3 is 2.93 bits per heavy atom. The lowest BCUT2D eigenvalue weighted by atomic mass is 10.3. The second-order valence-corrected chi connectivity index (χ2v) is 2.77. The zero-order valence-electron chi connectivity index (χ0n) is 7.56. The maximum Gasteiger partial charge on any atom is 0.152 e. The number of hydrogen-bond donors (Lipinski definition) is 0. The van der Waals surface area contributed by atoms with Crippen LogP contribution in [0.5, 0.6) is 0 Å². The van der Waals surface area contributed by atoms with Gasteiger partial charge in [0.1, 0.15) is 23.3 Å². The minimum absolute atomic E-state index is 0.351. The van der Waals surface area contributed by atoms with Crippen LogP contribution in [-0.4, -0.2) is 9.97 Å². The van der Waals surface area contributed by atoms with Crippen molar-refractivity contribution in [3.8, 4) is 17.5 Å². The van der Waals surface area contributed by atoms with Crippen LogP contribution in [0.3, 0.4) is 0 Å². The summed E-state index contributed by atoms with van der Waals surface area (Å²) in [6.07, 6.45) is 1.57. The highest BCUT2D eigenvalue weighted by atomic mass is 16.3. The van der Waals surface area contributed by atoms with Gasteiger partial charge in [0.2, 0.25) is 0 Å². The molecule has 0 saturated carbocycles. The molecule has 68 valence electrons.